The molecule has 0 unspecified atom stereocenters. The van der Waals surface area contributed by atoms with E-state index < -0.39 is 5.41 Å². The number of piperidine rings is 1. The maximum absolute atomic E-state index is 12.8. The van der Waals surface area contributed by atoms with Crippen LogP contribution in [0.25, 0.3) is 11.1 Å². The van der Waals surface area contributed by atoms with E-state index in [4.69, 9.17) is 5.73 Å². The summed E-state index contributed by atoms with van der Waals surface area (Å²) in [6, 6.07) is 28.5. The number of hydrogen-bond donors (Lipinski definition) is 1. The summed E-state index contributed by atoms with van der Waals surface area (Å²) in [5, 5.41) is 0. The fourth-order valence-corrected chi connectivity index (χ4v) is 4.69. The van der Waals surface area contributed by atoms with E-state index in [2.05, 4.69) is 24.3 Å². The van der Waals surface area contributed by atoms with E-state index in [9.17, 15) is 9.59 Å². The summed E-state index contributed by atoms with van der Waals surface area (Å²) in [5.74, 6) is -0.117. The molecular formula is C28H30N2O2. The van der Waals surface area contributed by atoms with Crippen LogP contribution in [0.5, 0.6) is 0 Å². The van der Waals surface area contributed by atoms with Crippen molar-refractivity contribution in [2.45, 2.75) is 32.1 Å². The minimum Gasteiger partial charge on any atom is -0.369 e. The van der Waals surface area contributed by atoms with Gasteiger partial charge in [0.25, 0.3) is 0 Å². The summed E-state index contributed by atoms with van der Waals surface area (Å²) in [4.78, 5) is 27.3. The SMILES string of the molecule is NC(=O)C1(Cc2ccccc2-c2ccccc2)CCN(C(=O)CCc2ccccc2)CC1. The van der Waals surface area contributed by atoms with Crippen molar-refractivity contribution in [1.29, 1.82) is 0 Å². The number of carbonyl (C=O) groups is 2. The van der Waals surface area contributed by atoms with Gasteiger partial charge in [-0.05, 0) is 47.9 Å². The highest BCUT2D eigenvalue weighted by molar-refractivity contribution is 5.83. The van der Waals surface area contributed by atoms with Crippen LogP contribution >= 0.6 is 0 Å². The van der Waals surface area contributed by atoms with Crippen molar-refractivity contribution in [3.05, 3.63) is 96.1 Å². The van der Waals surface area contributed by atoms with E-state index >= 15 is 0 Å². The third-order valence-electron chi connectivity index (χ3n) is 6.70. The topological polar surface area (TPSA) is 63.4 Å². The molecule has 1 heterocycles. The number of likely N-dealkylation sites (tertiary alicyclic amines) is 1. The van der Waals surface area contributed by atoms with E-state index in [0.29, 0.717) is 38.8 Å². The molecule has 1 aliphatic rings. The first-order valence-corrected chi connectivity index (χ1v) is 11.3. The molecule has 0 radical (unpaired) electrons. The molecule has 32 heavy (non-hydrogen) atoms. The second kappa shape index (κ2) is 9.82. The van der Waals surface area contributed by atoms with Crippen molar-refractivity contribution >= 4 is 11.8 Å². The van der Waals surface area contributed by atoms with Gasteiger partial charge in [0.2, 0.25) is 11.8 Å². The molecule has 1 saturated heterocycles. The lowest BCUT2D eigenvalue weighted by Gasteiger charge is -2.40. The van der Waals surface area contributed by atoms with Crippen molar-refractivity contribution in [2.75, 3.05) is 13.1 Å². The molecule has 0 aromatic heterocycles. The van der Waals surface area contributed by atoms with Crippen LogP contribution in [0.3, 0.4) is 0 Å². The van der Waals surface area contributed by atoms with Crippen LogP contribution in [0.15, 0.2) is 84.9 Å². The molecule has 0 spiro atoms. The van der Waals surface area contributed by atoms with Gasteiger partial charge in [-0.25, -0.2) is 0 Å². The standard InChI is InChI=1S/C28H30N2O2/c29-27(32)28(21-24-13-7-8-14-25(24)23-11-5-2-6-12-23)17-19-30(20-18-28)26(31)16-15-22-9-3-1-4-10-22/h1-14H,15-21H2,(H2,29,32). The van der Waals surface area contributed by atoms with Crippen molar-refractivity contribution in [2.24, 2.45) is 11.1 Å². The van der Waals surface area contributed by atoms with Gasteiger partial charge in [-0.2, -0.15) is 0 Å². The zero-order valence-electron chi connectivity index (χ0n) is 18.4. The Hall–Kier alpha value is -3.40. The molecule has 0 saturated carbocycles. The molecule has 0 atom stereocenters. The average molecular weight is 427 g/mol. The van der Waals surface area contributed by atoms with E-state index in [-0.39, 0.29) is 11.8 Å². The number of carbonyl (C=O) groups excluding carboxylic acids is 2. The van der Waals surface area contributed by atoms with Gasteiger partial charge in [0, 0.05) is 19.5 Å². The number of nitrogens with zero attached hydrogens (tertiary/aromatic N) is 1. The van der Waals surface area contributed by atoms with Crippen LogP contribution in [-0.4, -0.2) is 29.8 Å². The lowest BCUT2D eigenvalue weighted by molar-refractivity contribution is -0.138. The molecule has 0 bridgehead atoms. The Morgan fingerprint density at radius 2 is 1.41 bits per heavy atom. The molecule has 1 aliphatic heterocycles. The first-order valence-electron chi connectivity index (χ1n) is 11.3. The van der Waals surface area contributed by atoms with E-state index in [1.54, 1.807) is 0 Å². The zero-order valence-corrected chi connectivity index (χ0v) is 18.4. The summed E-state index contributed by atoms with van der Waals surface area (Å²) in [6.07, 6.45) is 3.02. The molecule has 3 aromatic carbocycles. The molecule has 164 valence electrons. The number of benzene rings is 3. The first-order chi connectivity index (χ1) is 15.6. The summed E-state index contributed by atoms with van der Waals surface area (Å²) in [6.45, 7) is 1.15. The van der Waals surface area contributed by atoms with Crippen LogP contribution in [0.1, 0.15) is 30.4 Å². The molecule has 4 heteroatoms. The van der Waals surface area contributed by atoms with Gasteiger partial charge in [-0.1, -0.05) is 84.9 Å². The number of hydrogen-bond acceptors (Lipinski definition) is 2. The quantitative estimate of drug-likeness (QED) is 0.599. The van der Waals surface area contributed by atoms with Crippen LogP contribution in [-0.2, 0) is 22.4 Å². The highest BCUT2D eigenvalue weighted by atomic mass is 16.2. The molecule has 4 rings (SSSR count). The highest BCUT2D eigenvalue weighted by Crippen LogP contribution is 2.38. The van der Waals surface area contributed by atoms with Gasteiger partial charge in [-0.15, -0.1) is 0 Å². The second-order valence-electron chi connectivity index (χ2n) is 8.71. The molecule has 3 aromatic rings. The van der Waals surface area contributed by atoms with Crippen molar-refractivity contribution in [3.63, 3.8) is 0 Å². The van der Waals surface area contributed by atoms with Crippen LogP contribution in [0.2, 0.25) is 0 Å². The summed E-state index contributed by atoms with van der Waals surface area (Å²) in [7, 11) is 0. The molecule has 2 N–H and O–H groups in total. The van der Waals surface area contributed by atoms with Gasteiger partial charge in [0.05, 0.1) is 5.41 Å². The predicted octanol–water partition coefficient (Wildman–Crippen LogP) is 4.62. The summed E-state index contributed by atoms with van der Waals surface area (Å²) < 4.78 is 0. The number of nitrogens with two attached hydrogens (primary N) is 1. The Morgan fingerprint density at radius 3 is 2.06 bits per heavy atom. The molecule has 4 nitrogen and oxygen atoms in total. The third-order valence-corrected chi connectivity index (χ3v) is 6.70. The highest BCUT2D eigenvalue weighted by Gasteiger charge is 2.41. The Labute approximate surface area is 190 Å². The Kier molecular flexibility index (Phi) is 6.69. The van der Waals surface area contributed by atoms with Gasteiger partial charge in [0.15, 0.2) is 0 Å². The zero-order chi connectivity index (χ0) is 22.4. The first kappa shape index (κ1) is 21.8. The maximum Gasteiger partial charge on any atom is 0.224 e. The number of amides is 2. The number of primary amides is 1. The van der Waals surface area contributed by atoms with E-state index in [1.807, 2.05) is 65.6 Å². The predicted molar refractivity (Wildman–Crippen MR) is 128 cm³/mol. The Bertz CT molecular complexity index is 1060. The van der Waals surface area contributed by atoms with E-state index in [1.165, 1.54) is 5.56 Å². The average Bonchev–Trinajstić information content (AvgIpc) is 2.84. The fourth-order valence-electron chi connectivity index (χ4n) is 4.69. The second-order valence-corrected chi connectivity index (χ2v) is 8.71. The molecular weight excluding hydrogens is 396 g/mol. The van der Waals surface area contributed by atoms with Gasteiger partial charge in [-0.3, -0.25) is 9.59 Å². The van der Waals surface area contributed by atoms with Gasteiger partial charge >= 0.3 is 0 Å². The van der Waals surface area contributed by atoms with E-state index in [0.717, 1.165) is 23.1 Å². The van der Waals surface area contributed by atoms with Crippen molar-refractivity contribution in [1.82, 2.24) is 4.90 Å². The fraction of sp³-hybridized carbons (Fsp3) is 0.286. The summed E-state index contributed by atoms with van der Waals surface area (Å²) in [5.41, 5.74) is 9.89. The maximum atomic E-state index is 12.8. The largest absolute Gasteiger partial charge is 0.369 e. The van der Waals surface area contributed by atoms with Gasteiger partial charge < -0.3 is 10.6 Å². The van der Waals surface area contributed by atoms with Crippen molar-refractivity contribution < 1.29 is 9.59 Å². The minimum atomic E-state index is -0.624. The van der Waals surface area contributed by atoms with Gasteiger partial charge in [0.1, 0.15) is 0 Å². The summed E-state index contributed by atoms with van der Waals surface area (Å²) >= 11 is 0. The lowest BCUT2D eigenvalue weighted by atomic mass is 9.72. The van der Waals surface area contributed by atoms with Crippen LogP contribution in [0, 0.1) is 5.41 Å². The van der Waals surface area contributed by atoms with Crippen molar-refractivity contribution in [3.8, 4) is 11.1 Å². The Morgan fingerprint density at radius 1 is 0.812 bits per heavy atom. The molecule has 2 amide bonds. The number of rotatable bonds is 7. The monoisotopic (exact) mass is 426 g/mol. The lowest BCUT2D eigenvalue weighted by Crippen LogP contribution is -2.50. The normalized spacial score (nSPS) is 15.3. The molecule has 1 fully saturated rings. The van der Waals surface area contributed by atoms with Crippen LogP contribution in [0.4, 0.5) is 0 Å². The third kappa shape index (κ3) is 4.91. The minimum absolute atomic E-state index is 0.150. The Balaban J connectivity index is 1.44. The van der Waals surface area contributed by atoms with Crippen LogP contribution < -0.4 is 5.73 Å². The number of aryl methyl sites for hydroxylation is 1. The smallest absolute Gasteiger partial charge is 0.224 e. The molecule has 0 aliphatic carbocycles.